The summed E-state index contributed by atoms with van der Waals surface area (Å²) in [5.41, 5.74) is -0.348. The van der Waals surface area contributed by atoms with Gasteiger partial charge in [-0.3, -0.25) is 0 Å². The Balaban J connectivity index is 2.66. The lowest BCUT2D eigenvalue weighted by atomic mass is 10.1. The van der Waals surface area contributed by atoms with E-state index in [9.17, 15) is 9.50 Å². The van der Waals surface area contributed by atoms with Crippen LogP contribution in [-0.4, -0.2) is 19.3 Å². The highest BCUT2D eigenvalue weighted by Gasteiger charge is 2.47. The zero-order valence-corrected chi connectivity index (χ0v) is 10.6. The fraction of sp³-hybridized carbons (Fsp3) is 0.455. The van der Waals surface area contributed by atoms with Crippen LogP contribution in [0.5, 0.6) is 11.5 Å². The summed E-state index contributed by atoms with van der Waals surface area (Å²) in [6.45, 7) is 0. The second-order valence-electron chi connectivity index (χ2n) is 3.81. The van der Waals surface area contributed by atoms with E-state index in [1.54, 1.807) is 0 Å². The van der Waals surface area contributed by atoms with E-state index in [1.807, 2.05) is 0 Å². The number of hydrogen-bond acceptors (Lipinski definition) is 3. The van der Waals surface area contributed by atoms with E-state index in [4.69, 9.17) is 9.47 Å². The van der Waals surface area contributed by atoms with Gasteiger partial charge in [0.1, 0.15) is 0 Å². The third kappa shape index (κ3) is 1.68. The van der Waals surface area contributed by atoms with Gasteiger partial charge in [0, 0.05) is 10.0 Å². The predicted octanol–water partition coefficient (Wildman–Crippen LogP) is 2.59. The van der Waals surface area contributed by atoms with E-state index in [2.05, 4.69) is 15.9 Å². The van der Waals surface area contributed by atoms with Crippen LogP contribution in [0.15, 0.2) is 10.5 Å². The number of halogens is 2. The van der Waals surface area contributed by atoms with Crippen molar-refractivity contribution >= 4 is 15.9 Å². The molecule has 5 heteroatoms. The van der Waals surface area contributed by atoms with Crippen molar-refractivity contribution in [2.45, 2.75) is 18.4 Å². The number of hydrogen-bond donors (Lipinski definition) is 1. The lowest BCUT2D eigenvalue weighted by Gasteiger charge is -2.18. The summed E-state index contributed by atoms with van der Waals surface area (Å²) in [6, 6.07) is 1.28. The number of methoxy groups -OCH3 is 2. The average Bonchev–Trinajstić information content (AvgIpc) is 2.95. The minimum absolute atomic E-state index is 0.0287. The molecule has 0 spiro atoms. The Hall–Kier alpha value is -0.810. The largest absolute Gasteiger partial charge is 0.492 e. The molecule has 0 heterocycles. The van der Waals surface area contributed by atoms with Gasteiger partial charge in [0.15, 0.2) is 17.3 Å². The molecule has 0 aromatic heterocycles. The van der Waals surface area contributed by atoms with Gasteiger partial charge >= 0.3 is 0 Å². The van der Waals surface area contributed by atoms with Crippen LogP contribution in [0.2, 0.25) is 0 Å². The van der Waals surface area contributed by atoms with E-state index < -0.39 is 11.4 Å². The molecule has 88 valence electrons. The molecule has 1 N–H and O–H groups in total. The number of ether oxygens (including phenoxy) is 2. The minimum Gasteiger partial charge on any atom is -0.492 e. The summed E-state index contributed by atoms with van der Waals surface area (Å²) >= 11 is 3.24. The SMILES string of the molecule is COc1c(F)cc(Br)c(C2(O)CC2)c1OC. The standard InChI is InChI=1S/C11H12BrFO3/c1-15-9-7(13)5-6(12)8(10(9)16-2)11(14)3-4-11/h5,14H,3-4H2,1-2H3. The van der Waals surface area contributed by atoms with Crippen LogP contribution in [-0.2, 0) is 5.60 Å². The Bertz CT molecular complexity index is 430. The highest BCUT2D eigenvalue weighted by molar-refractivity contribution is 9.10. The van der Waals surface area contributed by atoms with Crippen molar-refractivity contribution in [3.8, 4) is 11.5 Å². The lowest BCUT2D eigenvalue weighted by Crippen LogP contribution is -2.10. The third-order valence-electron chi connectivity index (χ3n) is 2.74. The van der Waals surface area contributed by atoms with Crippen LogP contribution in [0.25, 0.3) is 0 Å². The van der Waals surface area contributed by atoms with Crippen LogP contribution < -0.4 is 9.47 Å². The summed E-state index contributed by atoms with van der Waals surface area (Å²) in [4.78, 5) is 0. The van der Waals surface area contributed by atoms with Crippen molar-refractivity contribution in [1.82, 2.24) is 0 Å². The molecule has 0 atom stereocenters. The molecular weight excluding hydrogens is 279 g/mol. The molecule has 2 rings (SSSR count). The third-order valence-corrected chi connectivity index (χ3v) is 3.37. The Morgan fingerprint density at radius 3 is 2.31 bits per heavy atom. The van der Waals surface area contributed by atoms with Gasteiger partial charge in [0.2, 0.25) is 0 Å². The topological polar surface area (TPSA) is 38.7 Å². The molecule has 1 aromatic rings. The van der Waals surface area contributed by atoms with Crippen LogP contribution in [0, 0.1) is 5.82 Å². The van der Waals surface area contributed by atoms with Crippen LogP contribution in [0.3, 0.4) is 0 Å². The van der Waals surface area contributed by atoms with E-state index in [1.165, 1.54) is 20.3 Å². The fourth-order valence-electron chi connectivity index (χ4n) is 1.77. The van der Waals surface area contributed by atoms with Crippen LogP contribution in [0.1, 0.15) is 18.4 Å². The fourth-order valence-corrected chi connectivity index (χ4v) is 2.52. The molecule has 0 aliphatic heterocycles. The van der Waals surface area contributed by atoms with Crippen molar-refractivity contribution < 1.29 is 19.0 Å². The smallest absolute Gasteiger partial charge is 0.197 e. The van der Waals surface area contributed by atoms with Crippen molar-refractivity contribution in [2.75, 3.05) is 14.2 Å². The molecule has 1 fully saturated rings. The molecule has 16 heavy (non-hydrogen) atoms. The summed E-state index contributed by atoms with van der Waals surface area (Å²) in [7, 11) is 2.80. The van der Waals surface area contributed by atoms with Gasteiger partial charge in [0.25, 0.3) is 0 Å². The Labute approximate surface area is 101 Å². The van der Waals surface area contributed by atoms with Crippen molar-refractivity contribution in [3.05, 3.63) is 21.9 Å². The van der Waals surface area contributed by atoms with Gasteiger partial charge in [0.05, 0.1) is 19.8 Å². The van der Waals surface area contributed by atoms with E-state index in [0.29, 0.717) is 22.9 Å². The maximum Gasteiger partial charge on any atom is 0.197 e. The molecular formula is C11H12BrFO3. The van der Waals surface area contributed by atoms with E-state index in [0.717, 1.165) is 0 Å². The van der Waals surface area contributed by atoms with Crippen molar-refractivity contribution in [1.29, 1.82) is 0 Å². The van der Waals surface area contributed by atoms with E-state index in [-0.39, 0.29) is 11.5 Å². The summed E-state index contributed by atoms with van der Waals surface area (Å²) in [5, 5.41) is 10.1. The molecule has 0 saturated heterocycles. The maximum atomic E-state index is 13.6. The lowest BCUT2D eigenvalue weighted by molar-refractivity contribution is 0.145. The minimum atomic E-state index is -0.912. The van der Waals surface area contributed by atoms with Crippen molar-refractivity contribution in [2.24, 2.45) is 0 Å². The van der Waals surface area contributed by atoms with Gasteiger partial charge in [-0.05, 0) is 18.9 Å². The number of rotatable bonds is 3. The monoisotopic (exact) mass is 290 g/mol. The van der Waals surface area contributed by atoms with Gasteiger partial charge in [-0.15, -0.1) is 0 Å². The number of aliphatic hydroxyl groups is 1. The zero-order valence-electron chi connectivity index (χ0n) is 9.01. The highest BCUT2D eigenvalue weighted by Crippen LogP contribution is 2.54. The summed E-state index contributed by atoms with van der Waals surface area (Å²) in [5.74, 6) is -0.227. The van der Waals surface area contributed by atoms with Gasteiger partial charge < -0.3 is 14.6 Å². The maximum absolute atomic E-state index is 13.6. The van der Waals surface area contributed by atoms with Gasteiger partial charge in [-0.2, -0.15) is 0 Å². The Morgan fingerprint density at radius 2 is 1.88 bits per heavy atom. The molecule has 3 nitrogen and oxygen atoms in total. The normalized spacial score (nSPS) is 17.1. The van der Waals surface area contributed by atoms with Crippen LogP contribution in [0.4, 0.5) is 4.39 Å². The molecule has 1 aromatic carbocycles. The van der Waals surface area contributed by atoms with Crippen LogP contribution >= 0.6 is 15.9 Å². The highest BCUT2D eigenvalue weighted by atomic mass is 79.9. The second-order valence-corrected chi connectivity index (χ2v) is 4.67. The quantitative estimate of drug-likeness (QED) is 0.930. The average molecular weight is 291 g/mol. The molecule has 0 radical (unpaired) electrons. The molecule has 1 saturated carbocycles. The first kappa shape index (κ1) is 11.7. The molecule has 1 aliphatic rings. The Morgan fingerprint density at radius 1 is 1.31 bits per heavy atom. The van der Waals surface area contributed by atoms with Gasteiger partial charge in [-0.25, -0.2) is 4.39 Å². The summed E-state index contributed by atoms with van der Waals surface area (Å²) < 4.78 is 24.2. The summed E-state index contributed by atoms with van der Waals surface area (Å²) in [6.07, 6.45) is 1.30. The first-order chi connectivity index (χ1) is 7.53. The molecule has 0 bridgehead atoms. The molecule has 1 aliphatic carbocycles. The molecule has 0 unspecified atom stereocenters. The van der Waals surface area contributed by atoms with Gasteiger partial charge in [-0.1, -0.05) is 15.9 Å². The second kappa shape index (κ2) is 3.89. The Kier molecular flexibility index (Phi) is 2.84. The molecule has 0 amide bonds. The first-order valence-electron chi connectivity index (χ1n) is 4.86. The zero-order chi connectivity index (χ0) is 11.9. The number of benzene rings is 1. The predicted molar refractivity (Wildman–Crippen MR) is 60.3 cm³/mol. The van der Waals surface area contributed by atoms with E-state index >= 15 is 0 Å². The first-order valence-corrected chi connectivity index (χ1v) is 5.65. The van der Waals surface area contributed by atoms with Crippen molar-refractivity contribution in [3.63, 3.8) is 0 Å².